The van der Waals surface area contributed by atoms with Crippen molar-refractivity contribution in [3.8, 4) is 11.5 Å². The number of rotatable bonds is 12. The highest BCUT2D eigenvalue weighted by atomic mass is 35.5. The number of hydrogen-bond acceptors (Lipinski definition) is 6. The highest BCUT2D eigenvalue weighted by Gasteiger charge is 2.31. The highest BCUT2D eigenvalue weighted by Crippen LogP contribution is 2.34. The van der Waals surface area contributed by atoms with E-state index in [-0.39, 0.29) is 29.8 Å². The SMILES string of the molecule is COc1ccc(OC)c(N(CC(=O)N(Cc2ccccc2Cl)C(C)C(=O)NCC(C)C)S(C)(=O)=O)c1. The van der Waals surface area contributed by atoms with E-state index in [0.717, 1.165) is 10.6 Å². The van der Waals surface area contributed by atoms with Gasteiger partial charge in [-0.1, -0.05) is 43.6 Å². The van der Waals surface area contributed by atoms with Gasteiger partial charge in [0.25, 0.3) is 0 Å². The number of sulfonamides is 1. The van der Waals surface area contributed by atoms with Gasteiger partial charge in [-0.15, -0.1) is 0 Å². The summed E-state index contributed by atoms with van der Waals surface area (Å²) in [7, 11) is -1.08. The zero-order valence-electron chi connectivity index (χ0n) is 21.4. The van der Waals surface area contributed by atoms with Crippen LogP contribution < -0.4 is 19.1 Å². The Labute approximate surface area is 218 Å². The summed E-state index contributed by atoms with van der Waals surface area (Å²) in [4.78, 5) is 27.9. The first-order chi connectivity index (χ1) is 16.9. The van der Waals surface area contributed by atoms with Crippen LogP contribution in [0.4, 0.5) is 5.69 Å². The number of carbonyl (C=O) groups excluding carboxylic acids is 2. The number of anilines is 1. The lowest BCUT2D eigenvalue weighted by Gasteiger charge is -2.32. The highest BCUT2D eigenvalue weighted by molar-refractivity contribution is 7.92. The number of nitrogens with one attached hydrogen (secondary N) is 1. The molecule has 2 aromatic rings. The van der Waals surface area contributed by atoms with Crippen molar-refractivity contribution in [2.75, 3.05) is 37.9 Å². The molecule has 2 amide bonds. The van der Waals surface area contributed by atoms with Crippen molar-refractivity contribution in [3.63, 3.8) is 0 Å². The van der Waals surface area contributed by atoms with Crippen molar-refractivity contribution in [1.82, 2.24) is 10.2 Å². The molecule has 2 rings (SSSR count). The fourth-order valence-corrected chi connectivity index (χ4v) is 4.47. The Kier molecular flexibility index (Phi) is 10.4. The average molecular weight is 540 g/mol. The van der Waals surface area contributed by atoms with Crippen LogP contribution in [0, 0.1) is 5.92 Å². The molecular weight excluding hydrogens is 506 g/mol. The summed E-state index contributed by atoms with van der Waals surface area (Å²) < 4.78 is 37.1. The van der Waals surface area contributed by atoms with Crippen LogP contribution >= 0.6 is 11.6 Å². The monoisotopic (exact) mass is 539 g/mol. The normalized spacial score (nSPS) is 12.1. The van der Waals surface area contributed by atoms with Gasteiger partial charge in [-0.2, -0.15) is 0 Å². The third kappa shape index (κ3) is 7.76. The largest absolute Gasteiger partial charge is 0.497 e. The van der Waals surface area contributed by atoms with Crippen molar-refractivity contribution in [3.05, 3.63) is 53.1 Å². The minimum absolute atomic E-state index is 0.0155. The van der Waals surface area contributed by atoms with Crippen LogP contribution in [-0.2, 0) is 26.2 Å². The number of ether oxygens (including phenoxy) is 2. The Morgan fingerprint density at radius 3 is 2.28 bits per heavy atom. The summed E-state index contributed by atoms with van der Waals surface area (Å²) in [5.41, 5.74) is 0.767. The molecule has 9 nitrogen and oxygen atoms in total. The van der Waals surface area contributed by atoms with Gasteiger partial charge in [0.2, 0.25) is 21.8 Å². The van der Waals surface area contributed by atoms with E-state index in [1.165, 1.54) is 25.2 Å². The predicted octanol–water partition coefficient (Wildman–Crippen LogP) is 3.31. The van der Waals surface area contributed by atoms with E-state index in [1.54, 1.807) is 43.3 Å². The number of carbonyl (C=O) groups is 2. The number of amides is 2. The second kappa shape index (κ2) is 12.8. The fourth-order valence-electron chi connectivity index (χ4n) is 3.43. The first-order valence-electron chi connectivity index (χ1n) is 11.4. The molecule has 198 valence electrons. The van der Waals surface area contributed by atoms with Crippen LogP contribution in [0.1, 0.15) is 26.3 Å². The molecule has 1 atom stereocenters. The number of halogens is 1. The van der Waals surface area contributed by atoms with Gasteiger partial charge >= 0.3 is 0 Å². The third-order valence-corrected chi connectivity index (χ3v) is 6.98. The molecule has 0 aliphatic heterocycles. The van der Waals surface area contributed by atoms with Gasteiger partial charge in [0.05, 0.1) is 26.2 Å². The van der Waals surface area contributed by atoms with Gasteiger partial charge in [-0.05, 0) is 36.6 Å². The van der Waals surface area contributed by atoms with Crippen molar-refractivity contribution in [1.29, 1.82) is 0 Å². The average Bonchev–Trinajstić information content (AvgIpc) is 2.83. The predicted molar refractivity (Wildman–Crippen MR) is 141 cm³/mol. The fraction of sp³-hybridized carbons (Fsp3) is 0.440. The molecule has 0 aromatic heterocycles. The topological polar surface area (TPSA) is 105 Å². The zero-order chi connectivity index (χ0) is 27.0. The first-order valence-corrected chi connectivity index (χ1v) is 13.6. The van der Waals surface area contributed by atoms with Gasteiger partial charge in [0.1, 0.15) is 24.1 Å². The van der Waals surface area contributed by atoms with E-state index < -0.39 is 28.5 Å². The van der Waals surface area contributed by atoms with Crippen LogP contribution in [0.2, 0.25) is 5.02 Å². The second-order valence-electron chi connectivity index (χ2n) is 8.74. The molecule has 0 radical (unpaired) electrons. The summed E-state index contributed by atoms with van der Waals surface area (Å²) in [5, 5.41) is 3.26. The minimum Gasteiger partial charge on any atom is -0.497 e. The molecule has 1 N–H and O–H groups in total. The van der Waals surface area contributed by atoms with Crippen LogP contribution in [0.3, 0.4) is 0 Å². The molecule has 11 heteroatoms. The van der Waals surface area contributed by atoms with Gasteiger partial charge in [-0.3, -0.25) is 13.9 Å². The van der Waals surface area contributed by atoms with Gasteiger partial charge in [0.15, 0.2) is 0 Å². The van der Waals surface area contributed by atoms with E-state index in [9.17, 15) is 18.0 Å². The zero-order valence-corrected chi connectivity index (χ0v) is 23.0. The first kappa shape index (κ1) is 29.3. The quantitative estimate of drug-likeness (QED) is 0.443. The Hall–Kier alpha value is -2.98. The lowest BCUT2D eigenvalue weighted by molar-refractivity contribution is -0.139. The van der Waals surface area contributed by atoms with Crippen LogP contribution in [0.5, 0.6) is 11.5 Å². The molecule has 0 fully saturated rings. The number of nitrogens with zero attached hydrogens (tertiary/aromatic N) is 2. The molecule has 0 spiro atoms. The van der Waals surface area contributed by atoms with Gasteiger partial charge < -0.3 is 19.7 Å². The molecule has 36 heavy (non-hydrogen) atoms. The molecule has 0 aliphatic rings. The summed E-state index contributed by atoms with van der Waals surface area (Å²) in [5.74, 6) is -0.0860. The van der Waals surface area contributed by atoms with Crippen molar-refractivity contribution >= 4 is 39.1 Å². The van der Waals surface area contributed by atoms with Crippen LogP contribution in [-0.4, -0.2) is 64.7 Å². The molecule has 0 aliphatic carbocycles. The van der Waals surface area contributed by atoms with E-state index in [1.807, 2.05) is 13.8 Å². The maximum Gasteiger partial charge on any atom is 0.244 e. The maximum atomic E-state index is 13.7. The van der Waals surface area contributed by atoms with E-state index in [4.69, 9.17) is 21.1 Å². The third-order valence-electron chi connectivity index (χ3n) is 5.48. The van der Waals surface area contributed by atoms with Gasteiger partial charge in [0, 0.05) is 24.2 Å². The van der Waals surface area contributed by atoms with Crippen LogP contribution in [0.15, 0.2) is 42.5 Å². The molecule has 0 bridgehead atoms. The van der Waals surface area contributed by atoms with E-state index in [2.05, 4.69) is 5.32 Å². The van der Waals surface area contributed by atoms with E-state index >= 15 is 0 Å². The lowest BCUT2D eigenvalue weighted by Crippen LogP contribution is -2.51. The molecule has 0 saturated carbocycles. The number of hydrogen-bond donors (Lipinski definition) is 1. The van der Waals surface area contributed by atoms with E-state index in [0.29, 0.717) is 22.9 Å². The standard InChI is InChI=1S/C25H34ClN3O6S/c1-17(2)14-27-25(31)18(3)28(15-19-9-7-8-10-21(19)26)24(30)16-29(36(6,32)33)22-13-20(34-4)11-12-23(22)35-5/h7-13,17-18H,14-16H2,1-6H3,(H,27,31). The number of methoxy groups -OCH3 is 2. The summed E-state index contributed by atoms with van der Waals surface area (Å²) in [6, 6.07) is 10.7. The summed E-state index contributed by atoms with van der Waals surface area (Å²) in [6.45, 7) is 5.41. The Balaban J connectivity index is 2.47. The Morgan fingerprint density at radius 2 is 1.72 bits per heavy atom. The number of benzene rings is 2. The molecule has 0 heterocycles. The molecular formula is C25H34ClN3O6S. The molecule has 1 unspecified atom stereocenters. The summed E-state index contributed by atoms with van der Waals surface area (Å²) in [6.07, 6.45) is 0.996. The lowest BCUT2D eigenvalue weighted by atomic mass is 10.1. The van der Waals surface area contributed by atoms with Crippen molar-refractivity contribution < 1.29 is 27.5 Å². The smallest absolute Gasteiger partial charge is 0.244 e. The van der Waals surface area contributed by atoms with Crippen molar-refractivity contribution in [2.45, 2.75) is 33.4 Å². The van der Waals surface area contributed by atoms with Crippen molar-refractivity contribution in [2.24, 2.45) is 5.92 Å². The summed E-state index contributed by atoms with van der Waals surface area (Å²) >= 11 is 6.33. The Morgan fingerprint density at radius 1 is 1.06 bits per heavy atom. The van der Waals surface area contributed by atoms with Gasteiger partial charge in [-0.25, -0.2) is 8.42 Å². The molecule has 2 aromatic carbocycles. The minimum atomic E-state index is -3.93. The van der Waals surface area contributed by atoms with Crippen LogP contribution in [0.25, 0.3) is 0 Å². The Bertz CT molecular complexity index is 1170. The maximum absolute atomic E-state index is 13.7. The second-order valence-corrected chi connectivity index (χ2v) is 11.0. The molecule has 0 saturated heterocycles.